The van der Waals surface area contributed by atoms with Crippen molar-refractivity contribution in [2.45, 2.75) is 70.1 Å². The van der Waals surface area contributed by atoms with Crippen molar-refractivity contribution in [2.75, 3.05) is 50.1 Å². The normalized spacial score (nSPS) is 22.1. The van der Waals surface area contributed by atoms with Gasteiger partial charge in [-0.2, -0.15) is 0 Å². The van der Waals surface area contributed by atoms with Gasteiger partial charge in [-0.05, 0) is 91.7 Å². The number of urea groups is 1. The molecule has 0 spiro atoms. The average molecular weight is 624 g/mol. The van der Waals surface area contributed by atoms with Crippen molar-refractivity contribution in [1.29, 1.82) is 0 Å². The minimum absolute atomic E-state index is 0.0557. The maximum absolute atomic E-state index is 13.5. The monoisotopic (exact) mass is 623 g/mol. The number of anilines is 2. The number of aromatic nitrogens is 3. The fourth-order valence-corrected chi connectivity index (χ4v) is 7.06. The second-order valence-electron chi connectivity index (χ2n) is 13.9. The van der Waals surface area contributed by atoms with Crippen LogP contribution in [-0.2, 0) is 10.2 Å². The summed E-state index contributed by atoms with van der Waals surface area (Å²) in [6.07, 6.45) is 5.69. The molecular formula is C36H45N7O3. The van der Waals surface area contributed by atoms with Gasteiger partial charge in [0, 0.05) is 24.5 Å². The molecule has 10 heteroatoms. The third kappa shape index (κ3) is 6.28. The molecule has 3 aliphatic rings. The largest absolute Gasteiger partial charge is 0.484 e. The number of benzene rings is 2. The molecule has 2 aromatic heterocycles. The van der Waals surface area contributed by atoms with Crippen molar-refractivity contribution < 1.29 is 14.3 Å². The molecule has 0 saturated carbocycles. The molecule has 2 N–H and O–H groups in total. The zero-order valence-corrected chi connectivity index (χ0v) is 27.3. The number of hydrogen-bond acceptors (Lipinski definition) is 7. The first-order valence-electron chi connectivity index (χ1n) is 16.6. The zero-order valence-electron chi connectivity index (χ0n) is 27.3. The van der Waals surface area contributed by atoms with Gasteiger partial charge >= 0.3 is 6.03 Å². The SMILES string of the molecule is CN1CCC[C@H]1c1nnc2ccc(O[C@@H]3CC[C@H](NC(=O)Nc4cc(N5CCOCC5)cc(C(C)(C)C)c4)c4ccccc43)cn12. The molecule has 46 heavy (non-hydrogen) atoms. The summed E-state index contributed by atoms with van der Waals surface area (Å²) in [7, 11) is 2.15. The molecule has 2 fully saturated rings. The van der Waals surface area contributed by atoms with Crippen LogP contribution in [0.15, 0.2) is 60.8 Å². The second-order valence-corrected chi connectivity index (χ2v) is 13.9. The molecule has 2 amide bonds. The van der Waals surface area contributed by atoms with Crippen molar-refractivity contribution >= 4 is 23.1 Å². The van der Waals surface area contributed by atoms with E-state index >= 15 is 0 Å². The Morgan fingerprint density at radius 1 is 0.957 bits per heavy atom. The highest BCUT2D eigenvalue weighted by Gasteiger charge is 2.31. The van der Waals surface area contributed by atoms with E-state index in [1.54, 1.807) is 0 Å². The highest BCUT2D eigenvalue weighted by Crippen LogP contribution is 2.39. The summed E-state index contributed by atoms with van der Waals surface area (Å²) in [5.41, 5.74) is 6.05. The molecule has 2 aliphatic heterocycles. The van der Waals surface area contributed by atoms with Crippen LogP contribution < -0.4 is 20.3 Å². The Kier molecular flexibility index (Phi) is 8.33. The molecule has 2 saturated heterocycles. The Labute approximate surface area is 271 Å². The number of pyridine rings is 1. The van der Waals surface area contributed by atoms with Crippen LogP contribution in [0.4, 0.5) is 16.2 Å². The number of fused-ring (bicyclic) bond motifs is 2. The first-order chi connectivity index (χ1) is 22.2. The summed E-state index contributed by atoms with van der Waals surface area (Å²) in [4.78, 5) is 18.1. The van der Waals surface area contributed by atoms with Crippen molar-refractivity contribution in [1.82, 2.24) is 24.8 Å². The van der Waals surface area contributed by atoms with E-state index < -0.39 is 0 Å². The molecule has 7 rings (SSSR count). The number of amides is 2. The van der Waals surface area contributed by atoms with Crippen molar-refractivity contribution in [3.05, 3.63) is 83.3 Å². The van der Waals surface area contributed by atoms with E-state index in [0.29, 0.717) is 13.2 Å². The van der Waals surface area contributed by atoms with E-state index in [2.05, 4.69) is 93.2 Å². The molecule has 1 aliphatic carbocycles. The van der Waals surface area contributed by atoms with Gasteiger partial charge in [0.25, 0.3) is 0 Å². The van der Waals surface area contributed by atoms with E-state index in [1.807, 2.05) is 30.5 Å². The maximum atomic E-state index is 13.5. The fourth-order valence-electron chi connectivity index (χ4n) is 7.06. The number of morpholine rings is 1. The number of hydrogen-bond donors (Lipinski definition) is 2. The van der Waals surface area contributed by atoms with Crippen LogP contribution in [-0.4, -0.2) is 65.4 Å². The number of nitrogens with zero attached hydrogens (tertiary/aromatic N) is 5. The lowest BCUT2D eigenvalue weighted by Crippen LogP contribution is -2.37. The molecule has 242 valence electrons. The highest BCUT2D eigenvalue weighted by molar-refractivity contribution is 5.90. The van der Waals surface area contributed by atoms with Gasteiger partial charge in [-0.15, -0.1) is 10.2 Å². The molecule has 3 atom stereocenters. The summed E-state index contributed by atoms with van der Waals surface area (Å²) in [6.45, 7) is 10.8. The molecular weight excluding hydrogens is 578 g/mol. The number of carbonyl (C=O) groups is 1. The van der Waals surface area contributed by atoms with Crippen LogP contribution in [0, 0.1) is 0 Å². The number of carbonyl (C=O) groups excluding carboxylic acids is 1. The highest BCUT2D eigenvalue weighted by atomic mass is 16.5. The van der Waals surface area contributed by atoms with Crippen molar-refractivity contribution in [2.24, 2.45) is 0 Å². The molecule has 4 heterocycles. The number of rotatable bonds is 6. The standard InChI is InChI=1S/C36H45N7O3/c1-36(2,3)24-20-25(22-26(21-24)42-16-18-45-19-17-42)37-35(44)38-30-12-13-32(29-9-6-5-8-28(29)30)46-27-11-14-33-39-40-34(43(33)23-27)31-10-7-15-41(31)4/h5-6,8-9,11,14,20-23,30-32H,7,10,12-13,15-19H2,1-4H3,(H2,37,38,44)/t30-,31-,32+/m0/s1. The number of likely N-dealkylation sites (tertiary alicyclic amines) is 1. The van der Waals surface area contributed by atoms with Crippen LogP contribution in [0.1, 0.15) is 87.2 Å². The fraction of sp³-hybridized carbons (Fsp3) is 0.472. The van der Waals surface area contributed by atoms with Gasteiger partial charge in [0.2, 0.25) is 0 Å². The van der Waals surface area contributed by atoms with E-state index in [0.717, 1.165) is 85.0 Å². The minimum atomic E-state index is -0.208. The van der Waals surface area contributed by atoms with E-state index in [4.69, 9.17) is 9.47 Å². The average Bonchev–Trinajstić information content (AvgIpc) is 3.67. The van der Waals surface area contributed by atoms with Crippen molar-refractivity contribution in [3.8, 4) is 5.75 Å². The molecule has 0 unspecified atom stereocenters. The third-order valence-electron chi connectivity index (χ3n) is 9.66. The third-order valence-corrected chi connectivity index (χ3v) is 9.66. The minimum Gasteiger partial charge on any atom is -0.484 e. The summed E-state index contributed by atoms with van der Waals surface area (Å²) >= 11 is 0. The van der Waals surface area contributed by atoms with Crippen molar-refractivity contribution in [3.63, 3.8) is 0 Å². The van der Waals surface area contributed by atoms with Gasteiger partial charge in [0.15, 0.2) is 11.5 Å². The summed E-state index contributed by atoms with van der Waals surface area (Å²) < 4.78 is 14.3. The van der Waals surface area contributed by atoms with E-state index in [-0.39, 0.29) is 29.6 Å². The van der Waals surface area contributed by atoms with Crippen LogP contribution in [0.5, 0.6) is 5.75 Å². The predicted molar refractivity (Wildman–Crippen MR) is 180 cm³/mol. The smallest absolute Gasteiger partial charge is 0.319 e. The lowest BCUT2D eigenvalue weighted by atomic mass is 9.85. The molecule has 0 bridgehead atoms. The van der Waals surface area contributed by atoms with Crippen LogP contribution in [0.3, 0.4) is 0 Å². The molecule has 2 aromatic carbocycles. The molecule has 10 nitrogen and oxygen atoms in total. The van der Waals surface area contributed by atoms with Gasteiger partial charge in [-0.1, -0.05) is 45.0 Å². The van der Waals surface area contributed by atoms with E-state index in [9.17, 15) is 4.79 Å². The quantitative estimate of drug-likeness (QED) is 0.256. The van der Waals surface area contributed by atoms with Crippen LogP contribution >= 0.6 is 0 Å². The Morgan fingerprint density at radius 2 is 1.76 bits per heavy atom. The Morgan fingerprint density at radius 3 is 2.52 bits per heavy atom. The second kappa shape index (κ2) is 12.6. The van der Waals surface area contributed by atoms with Gasteiger partial charge < -0.3 is 25.0 Å². The molecule has 4 aromatic rings. The van der Waals surface area contributed by atoms with Gasteiger partial charge in [-0.25, -0.2) is 4.79 Å². The summed E-state index contributed by atoms with van der Waals surface area (Å²) in [6, 6.07) is 18.6. The Balaban J connectivity index is 1.07. The number of nitrogens with one attached hydrogen (secondary N) is 2. The Bertz CT molecular complexity index is 1710. The van der Waals surface area contributed by atoms with Crippen LogP contribution in [0.2, 0.25) is 0 Å². The maximum Gasteiger partial charge on any atom is 0.319 e. The first kappa shape index (κ1) is 30.5. The lowest BCUT2D eigenvalue weighted by Gasteiger charge is -2.33. The topological polar surface area (TPSA) is 96.3 Å². The summed E-state index contributed by atoms with van der Waals surface area (Å²) in [5.74, 6) is 1.75. The van der Waals surface area contributed by atoms with Crippen LogP contribution in [0.25, 0.3) is 5.65 Å². The lowest BCUT2D eigenvalue weighted by molar-refractivity contribution is 0.122. The summed E-state index contributed by atoms with van der Waals surface area (Å²) in [5, 5.41) is 15.4. The first-order valence-corrected chi connectivity index (χ1v) is 16.6. The number of ether oxygens (including phenoxy) is 2. The van der Waals surface area contributed by atoms with E-state index in [1.165, 1.54) is 5.56 Å². The zero-order chi connectivity index (χ0) is 31.8. The molecule has 0 radical (unpaired) electrons. The van der Waals surface area contributed by atoms with Gasteiger partial charge in [0.1, 0.15) is 11.9 Å². The Hall–Kier alpha value is -4.15. The van der Waals surface area contributed by atoms with Gasteiger partial charge in [-0.3, -0.25) is 9.30 Å². The predicted octanol–water partition coefficient (Wildman–Crippen LogP) is 6.41. The van der Waals surface area contributed by atoms with Gasteiger partial charge in [0.05, 0.1) is 31.5 Å².